The Balaban J connectivity index is 1.63. The molecule has 2 aromatic rings. The van der Waals surface area contributed by atoms with Crippen LogP contribution in [0.5, 0.6) is 0 Å². The molecule has 0 bridgehead atoms. The second-order valence-corrected chi connectivity index (χ2v) is 4.89. The average Bonchev–Trinajstić information content (AvgIpc) is 3.03. The lowest BCUT2D eigenvalue weighted by Crippen LogP contribution is -2.19. The van der Waals surface area contributed by atoms with Gasteiger partial charge in [0.05, 0.1) is 35.8 Å². The lowest BCUT2D eigenvalue weighted by molar-refractivity contribution is -0.00265. The van der Waals surface area contributed by atoms with E-state index in [-0.39, 0.29) is 18.2 Å². The number of hydrogen-bond acceptors (Lipinski definition) is 4. The molecule has 1 aliphatic heterocycles. The minimum atomic E-state index is -0.313. The summed E-state index contributed by atoms with van der Waals surface area (Å²) in [5, 5.41) is 0. The number of ether oxygens (including phenoxy) is 2. The van der Waals surface area contributed by atoms with E-state index in [4.69, 9.17) is 9.47 Å². The summed E-state index contributed by atoms with van der Waals surface area (Å²) in [6, 6.07) is 3.50. The van der Waals surface area contributed by atoms with E-state index < -0.39 is 0 Å². The summed E-state index contributed by atoms with van der Waals surface area (Å²) in [6.07, 6.45) is 7.49. The van der Waals surface area contributed by atoms with E-state index in [1.807, 2.05) is 11.3 Å². The molecule has 2 aromatic heterocycles. The van der Waals surface area contributed by atoms with Crippen molar-refractivity contribution in [3.8, 4) is 0 Å². The van der Waals surface area contributed by atoms with Crippen molar-refractivity contribution in [1.82, 2.24) is 9.38 Å². The third-order valence-electron chi connectivity index (χ3n) is 3.37. The Kier molecular flexibility index (Phi) is 3.21. The fraction of sp³-hybridized carbons (Fsp3) is 0.429. The predicted octanol–water partition coefficient (Wildman–Crippen LogP) is 2.06. The number of esters is 1. The van der Waals surface area contributed by atoms with Gasteiger partial charge in [-0.15, -0.1) is 0 Å². The molecule has 0 saturated carbocycles. The van der Waals surface area contributed by atoms with Crippen LogP contribution in [0.4, 0.5) is 0 Å². The zero-order valence-electron chi connectivity index (χ0n) is 10.8. The topological polar surface area (TPSA) is 52.8 Å². The van der Waals surface area contributed by atoms with Gasteiger partial charge in [-0.05, 0) is 31.9 Å². The molecule has 1 saturated heterocycles. The van der Waals surface area contributed by atoms with Crippen molar-refractivity contribution >= 4 is 11.5 Å². The first-order valence-corrected chi connectivity index (χ1v) is 6.46. The van der Waals surface area contributed by atoms with Crippen molar-refractivity contribution in [3.63, 3.8) is 0 Å². The third kappa shape index (κ3) is 2.61. The van der Waals surface area contributed by atoms with E-state index in [9.17, 15) is 4.79 Å². The largest absolute Gasteiger partial charge is 0.459 e. The van der Waals surface area contributed by atoms with Crippen LogP contribution in [0.15, 0.2) is 30.9 Å². The van der Waals surface area contributed by atoms with Crippen molar-refractivity contribution in [2.45, 2.75) is 32.0 Å². The van der Waals surface area contributed by atoms with Crippen LogP contribution in [0.3, 0.4) is 0 Å². The molecule has 0 amide bonds. The number of carbonyl (C=O) groups excluding carboxylic acids is 1. The second kappa shape index (κ2) is 5.01. The molecule has 0 spiro atoms. The zero-order chi connectivity index (χ0) is 13.2. The lowest BCUT2D eigenvalue weighted by Gasteiger charge is -2.11. The first kappa shape index (κ1) is 12.2. The van der Waals surface area contributed by atoms with Crippen LogP contribution >= 0.6 is 0 Å². The van der Waals surface area contributed by atoms with E-state index in [0.717, 1.165) is 18.4 Å². The molecule has 1 fully saturated rings. The molecule has 0 radical (unpaired) electrons. The van der Waals surface area contributed by atoms with Gasteiger partial charge in [-0.1, -0.05) is 0 Å². The molecule has 100 valence electrons. The van der Waals surface area contributed by atoms with Gasteiger partial charge in [0, 0.05) is 6.20 Å². The van der Waals surface area contributed by atoms with Gasteiger partial charge < -0.3 is 13.9 Å². The number of nitrogens with zero attached hydrogens (tertiary/aromatic N) is 2. The fourth-order valence-corrected chi connectivity index (χ4v) is 2.31. The lowest BCUT2D eigenvalue weighted by atomic mass is 10.2. The van der Waals surface area contributed by atoms with Gasteiger partial charge >= 0.3 is 5.97 Å². The van der Waals surface area contributed by atoms with E-state index in [1.165, 1.54) is 0 Å². The average molecular weight is 260 g/mol. The molecular weight excluding hydrogens is 244 g/mol. The number of aromatic nitrogens is 2. The minimum absolute atomic E-state index is 0.0395. The summed E-state index contributed by atoms with van der Waals surface area (Å²) in [4.78, 5) is 16.0. The maximum absolute atomic E-state index is 11.9. The van der Waals surface area contributed by atoms with Crippen molar-refractivity contribution in [2.24, 2.45) is 0 Å². The summed E-state index contributed by atoms with van der Waals surface area (Å²) in [5.74, 6) is -0.313. The maximum atomic E-state index is 11.9. The van der Waals surface area contributed by atoms with Gasteiger partial charge in [-0.2, -0.15) is 0 Å². The minimum Gasteiger partial charge on any atom is -0.459 e. The molecule has 5 heteroatoms. The Bertz CT molecular complexity index is 593. The van der Waals surface area contributed by atoms with Crippen LogP contribution in [0, 0.1) is 0 Å². The number of carbonyl (C=O) groups is 1. The number of pyridine rings is 1. The van der Waals surface area contributed by atoms with Crippen LogP contribution in [-0.4, -0.2) is 34.2 Å². The molecule has 3 heterocycles. The SMILES string of the molecule is C[C@H]1CC[C@@H](COC(=O)c2ccn3cncc3c2)O1. The Labute approximate surface area is 111 Å². The Morgan fingerprint density at radius 3 is 3.26 bits per heavy atom. The van der Waals surface area contributed by atoms with Crippen molar-refractivity contribution in [3.05, 3.63) is 36.4 Å². The molecule has 5 nitrogen and oxygen atoms in total. The van der Waals surface area contributed by atoms with E-state index >= 15 is 0 Å². The third-order valence-corrected chi connectivity index (χ3v) is 3.37. The highest BCUT2D eigenvalue weighted by atomic mass is 16.6. The van der Waals surface area contributed by atoms with Gasteiger partial charge in [-0.25, -0.2) is 9.78 Å². The fourth-order valence-electron chi connectivity index (χ4n) is 2.31. The summed E-state index contributed by atoms with van der Waals surface area (Å²) in [5.41, 5.74) is 1.42. The van der Waals surface area contributed by atoms with Gasteiger partial charge in [0.2, 0.25) is 0 Å². The van der Waals surface area contributed by atoms with Crippen LogP contribution in [0.2, 0.25) is 0 Å². The molecule has 0 unspecified atom stereocenters. The molecule has 3 rings (SSSR count). The Morgan fingerprint density at radius 2 is 2.47 bits per heavy atom. The highest BCUT2D eigenvalue weighted by Gasteiger charge is 2.23. The number of fused-ring (bicyclic) bond motifs is 1. The number of hydrogen-bond donors (Lipinski definition) is 0. The van der Waals surface area contributed by atoms with Crippen LogP contribution in [-0.2, 0) is 9.47 Å². The summed E-state index contributed by atoms with van der Waals surface area (Å²) >= 11 is 0. The monoisotopic (exact) mass is 260 g/mol. The van der Waals surface area contributed by atoms with Crippen molar-refractivity contribution < 1.29 is 14.3 Å². The standard InChI is InChI=1S/C14H16N2O3/c1-10-2-3-13(19-10)8-18-14(17)11-4-5-16-9-15-7-12(16)6-11/h4-7,9-10,13H,2-3,8H2,1H3/t10-,13-/m0/s1. The van der Waals surface area contributed by atoms with E-state index in [1.54, 1.807) is 30.9 Å². The van der Waals surface area contributed by atoms with E-state index in [2.05, 4.69) is 4.98 Å². The van der Waals surface area contributed by atoms with Crippen molar-refractivity contribution in [1.29, 1.82) is 0 Å². The summed E-state index contributed by atoms with van der Waals surface area (Å²) < 4.78 is 12.8. The molecule has 0 N–H and O–H groups in total. The molecule has 0 aromatic carbocycles. The normalized spacial score (nSPS) is 22.8. The Hall–Kier alpha value is -1.88. The number of rotatable bonds is 3. The first-order chi connectivity index (χ1) is 9.22. The first-order valence-electron chi connectivity index (χ1n) is 6.46. The summed E-state index contributed by atoms with van der Waals surface area (Å²) in [7, 11) is 0. The smallest absolute Gasteiger partial charge is 0.338 e. The van der Waals surface area contributed by atoms with Gasteiger partial charge in [0.25, 0.3) is 0 Å². The highest BCUT2D eigenvalue weighted by molar-refractivity contribution is 5.90. The maximum Gasteiger partial charge on any atom is 0.338 e. The van der Waals surface area contributed by atoms with Crippen LogP contribution < -0.4 is 0 Å². The molecule has 19 heavy (non-hydrogen) atoms. The van der Waals surface area contributed by atoms with Crippen LogP contribution in [0.25, 0.3) is 5.52 Å². The molecule has 0 aliphatic carbocycles. The quantitative estimate of drug-likeness (QED) is 0.793. The molecule has 2 atom stereocenters. The van der Waals surface area contributed by atoms with Gasteiger partial charge in [0.15, 0.2) is 0 Å². The van der Waals surface area contributed by atoms with Crippen molar-refractivity contribution in [2.75, 3.05) is 6.61 Å². The number of imidazole rings is 1. The zero-order valence-corrected chi connectivity index (χ0v) is 10.8. The predicted molar refractivity (Wildman–Crippen MR) is 69.0 cm³/mol. The Morgan fingerprint density at radius 1 is 1.58 bits per heavy atom. The van der Waals surface area contributed by atoms with E-state index in [0.29, 0.717) is 12.2 Å². The van der Waals surface area contributed by atoms with Gasteiger partial charge in [-0.3, -0.25) is 0 Å². The van der Waals surface area contributed by atoms with Crippen LogP contribution in [0.1, 0.15) is 30.1 Å². The van der Waals surface area contributed by atoms with Gasteiger partial charge in [0.1, 0.15) is 6.61 Å². The molecule has 1 aliphatic rings. The molecular formula is C14H16N2O3. The second-order valence-electron chi connectivity index (χ2n) is 4.89. The highest BCUT2D eigenvalue weighted by Crippen LogP contribution is 2.19. The summed E-state index contributed by atoms with van der Waals surface area (Å²) in [6.45, 7) is 2.36.